The minimum absolute atomic E-state index is 0.0926. The summed E-state index contributed by atoms with van der Waals surface area (Å²) in [5.74, 6) is -2.03. The number of rotatable bonds is 0. The zero-order valence-corrected chi connectivity index (χ0v) is 5.82. The third-order valence-electron chi connectivity index (χ3n) is 0.800. The minimum atomic E-state index is -1.08. The van der Waals surface area contributed by atoms with Crippen molar-refractivity contribution in [1.29, 1.82) is 0 Å². The largest absolute Gasteiger partial charge is 0.250 e. The van der Waals surface area contributed by atoms with Crippen LogP contribution in [0.25, 0.3) is 0 Å². The van der Waals surface area contributed by atoms with Gasteiger partial charge in [0.1, 0.15) is 0 Å². The molecule has 0 saturated heterocycles. The van der Waals surface area contributed by atoms with Crippen LogP contribution in [0.3, 0.4) is 0 Å². The van der Waals surface area contributed by atoms with Crippen molar-refractivity contribution in [3.63, 3.8) is 0 Å². The number of pyridine rings is 1. The van der Waals surface area contributed by atoms with Gasteiger partial charge in [0.05, 0.1) is 4.47 Å². The molecule has 4 heteroatoms. The summed E-state index contributed by atoms with van der Waals surface area (Å²) in [7, 11) is 0. The molecular formula is C5H2BrF2N. The molecule has 0 aliphatic carbocycles. The smallest absolute Gasteiger partial charge is 0.226 e. The molecule has 0 unspecified atom stereocenters. The molecule has 1 nitrogen and oxygen atoms in total. The fourth-order valence-electron chi connectivity index (χ4n) is 0.397. The van der Waals surface area contributed by atoms with E-state index in [2.05, 4.69) is 20.9 Å². The predicted molar refractivity (Wildman–Crippen MR) is 31.9 cm³/mol. The molecule has 0 amide bonds. The third kappa shape index (κ3) is 1.24. The molecule has 0 atom stereocenters. The van der Waals surface area contributed by atoms with Gasteiger partial charge in [0, 0.05) is 6.20 Å². The van der Waals surface area contributed by atoms with Crippen molar-refractivity contribution in [2.45, 2.75) is 0 Å². The van der Waals surface area contributed by atoms with Gasteiger partial charge in [-0.05, 0) is 22.0 Å². The summed E-state index contributed by atoms with van der Waals surface area (Å²) in [6.07, 6.45) is 1.18. The first-order valence-electron chi connectivity index (χ1n) is 2.17. The van der Waals surface area contributed by atoms with Gasteiger partial charge in [0.15, 0.2) is 5.82 Å². The molecule has 0 radical (unpaired) electrons. The van der Waals surface area contributed by atoms with Crippen LogP contribution in [0.15, 0.2) is 16.7 Å². The van der Waals surface area contributed by atoms with E-state index in [1.165, 1.54) is 12.3 Å². The average Bonchev–Trinajstić information content (AvgIpc) is 1.83. The van der Waals surface area contributed by atoms with E-state index >= 15 is 0 Å². The summed E-state index contributed by atoms with van der Waals surface area (Å²) < 4.78 is 24.4. The SMILES string of the molecule is Fc1nccc(Br)c1F. The lowest BCUT2D eigenvalue weighted by molar-refractivity contribution is 0.475. The molecule has 0 fully saturated rings. The van der Waals surface area contributed by atoms with E-state index in [-0.39, 0.29) is 4.47 Å². The summed E-state index contributed by atoms with van der Waals surface area (Å²) in [6, 6.07) is 1.33. The molecule has 0 N–H and O–H groups in total. The second kappa shape index (κ2) is 2.39. The fraction of sp³-hybridized carbons (Fsp3) is 0. The minimum Gasteiger partial charge on any atom is -0.226 e. The zero-order chi connectivity index (χ0) is 6.85. The highest BCUT2D eigenvalue weighted by Gasteiger charge is 2.04. The Hall–Kier alpha value is -0.510. The van der Waals surface area contributed by atoms with Gasteiger partial charge in [-0.3, -0.25) is 0 Å². The Kier molecular flexibility index (Phi) is 1.75. The summed E-state index contributed by atoms with van der Waals surface area (Å²) >= 11 is 2.79. The van der Waals surface area contributed by atoms with Crippen molar-refractivity contribution in [3.8, 4) is 0 Å². The number of hydrogen-bond donors (Lipinski definition) is 0. The zero-order valence-electron chi connectivity index (χ0n) is 4.24. The average molecular weight is 194 g/mol. The molecule has 1 rings (SSSR count). The quantitative estimate of drug-likeness (QED) is 0.576. The van der Waals surface area contributed by atoms with Gasteiger partial charge < -0.3 is 0 Å². The van der Waals surface area contributed by atoms with Gasteiger partial charge >= 0.3 is 0 Å². The molecule has 0 spiro atoms. The molecule has 0 aliphatic heterocycles. The van der Waals surface area contributed by atoms with Crippen LogP contribution >= 0.6 is 15.9 Å². The summed E-state index contributed by atoms with van der Waals surface area (Å²) in [5, 5.41) is 0. The maximum Gasteiger partial charge on any atom is 0.250 e. The number of aromatic nitrogens is 1. The summed E-state index contributed by atoms with van der Waals surface area (Å²) in [5.41, 5.74) is 0. The lowest BCUT2D eigenvalue weighted by Crippen LogP contribution is -1.87. The van der Waals surface area contributed by atoms with E-state index in [9.17, 15) is 8.78 Å². The Bertz CT molecular complexity index is 206. The lowest BCUT2D eigenvalue weighted by Gasteiger charge is -1.90. The molecular weight excluding hydrogens is 192 g/mol. The van der Waals surface area contributed by atoms with Gasteiger partial charge in [0.2, 0.25) is 5.95 Å². The van der Waals surface area contributed by atoms with E-state index in [0.29, 0.717) is 0 Å². The van der Waals surface area contributed by atoms with Crippen LogP contribution in [0.5, 0.6) is 0 Å². The summed E-state index contributed by atoms with van der Waals surface area (Å²) in [4.78, 5) is 3.07. The van der Waals surface area contributed by atoms with Crippen LogP contribution in [0.2, 0.25) is 0 Å². The normalized spacial score (nSPS) is 9.67. The lowest BCUT2D eigenvalue weighted by atomic mass is 10.5. The molecule has 0 bridgehead atoms. The first-order valence-corrected chi connectivity index (χ1v) is 2.96. The first kappa shape index (κ1) is 6.61. The molecule has 0 aromatic carbocycles. The van der Waals surface area contributed by atoms with Crippen molar-refractivity contribution < 1.29 is 8.78 Å². The second-order valence-electron chi connectivity index (χ2n) is 1.40. The highest BCUT2D eigenvalue weighted by atomic mass is 79.9. The van der Waals surface area contributed by atoms with E-state index in [0.717, 1.165) is 0 Å². The van der Waals surface area contributed by atoms with Crippen LogP contribution in [0.4, 0.5) is 8.78 Å². The van der Waals surface area contributed by atoms with E-state index in [4.69, 9.17) is 0 Å². The molecule has 1 aromatic heterocycles. The maximum absolute atomic E-state index is 12.2. The van der Waals surface area contributed by atoms with Crippen molar-refractivity contribution in [2.24, 2.45) is 0 Å². The second-order valence-corrected chi connectivity index (χ2v) is 2.25. The first-order chi connectivity index (χ1) is 4.22. The topological polar surface area (TPSA) is 12.9 Å². The van der Waals surface area contributed by atoms with Crippen LogP contribution in [-0.2, 0) is 0 Å². The molecule has 1 aromatic rings. The Morgan fingerprint density at radius 2 is 2.11 bits per heavy atom. The third-order valence-corrected chi connectivity index (χ3v) is 1.41. The highest BCUT2D eigenvalue weighted by Crippen LogP contribution is 2.14. The number of hydrogen-bond acceptors (Lipinski definition) is 1. The van der Waals surface area contributed by atoms with E-state index in [1.807, 2.05) is 0 Å². The molecule has 0 saturated carbocycles. The van der Waals surface area contributed by atoms with Crippen LogP contribution < -0.4 is 0 Å². The van der Waals surface area contributed by atoms with Gasteiger partial charge in [-0.15, -0.1) is 0 Å². The Balaban J connectivity index is 3.25. The molecule has 1 heterocycles. The van der Waals surface area contributed by atoms with Gasteiger partial charge in [-0.1, -0.05) is 0 Å². The highest BCUT2D eigenvalue weighted by molar-refractivity contribution is 9.10. The van der Waals surface area contributed by atoms with Crippen molar-refractivity contribution >= 4 is 15.9 Å². The van der Waals surface area contributed by atoms with Gasteiger partial charge in [-0.2, -0.15) is 4.39 Å². The number of nitrogens with zero attached hydrogens (tertiary/aromatic N) is 1. The van der Waals surface area contributed by atoms with E-state index in [1.54, 1.807) is 0 Å². The van der Waals surface area contributed by atoms with E-state index < -0.39 is 11.8 Å². The van der Waals surface area contributed by atoms with Crippen LogP contribution in [-0.4, -0.2) is 4.98 Å². The summed E-state index contributed by atoms with van der Waals surface area (Å²) in [6.45, 7) is 0. The fourth-order valence-corrected chi connectivity index (χ4v) is 0.678. The monoisotopic (exact) mass is 193 g/mol. The number of halogens is 3. The van der Waals surface area contributed by atoms with Gasteiger partial charge in [0.25, 0.3) is 0 Å². The van der Waals surface area contributed by atoms with Gasteiger partial charge in [-0.25, -0.2) is 9.37 Å². The van der Waals surface area contributed by atoms with Crippen LogP contribution in [0, 0.1) is 11.8 Å². The van der Waals surface area contributed by atoms with Crippen molar-refractivity contribution in [2.75, 3.05) is 0 Å². The van der Waals surface area contributed by atoms with Crippen molar-refractivity contribution in [1.82, 2.24) is 4.98 Å². The Morgan fingerprint density at radius 1 is 1.44 bits per heavy atom. The standard InChI is InChI=1S/C5H2BrF2N/c6-3-1-2-9-5(8)4(3)7/h1-2H. The Morgan fingerprint density at radius 3 is 2.56 bits per heavy atom. The van der Waals surface area contributed by atoms with Crippen LogP contribution in [0.1, 0.15) is 0 Å². The molecule has 48 valence electrons. The molecule has 9 heavy (non-hydrogen) atoms. The Labute approximate surface area is 58.8 Å². The maximum atomic E-state index is 12.2. The molecule has 0 aliphatic rings. The van der Waals surface area contributed by atoms with Crippen molar-refractivity contribution in [3.05, 3.63) is 28.5 Å². The predicted octanol–water partition coefficient (Wildman–Crippen LogP) is 2.12.